The first-order valence-corrected chi connectivity index (χ1v) is 8.79. The highest BCUT2D eigenvalue weighted by Gasteiger charge is 2.13. The number of fused-ring (bicyclic) bond motifs is 2. The number of aromatic nitrogens is 3. The molecule has 2 aromatic heterocycles. The van der Waals surface area contributed by atoms with Gasteiger partial charge in [-0.3, -0.25) is 34.4 Å². The molecule has 30 heavy (non-hydrogen) atoms. The fourth-order valence-corrected chi connectivity index (χ4v) is 3.02. The smallest absolute Gasteiger partial charge is 0.272 e. The predicted molar refractivity (Wildman–Crippen MR) is 108 cm³/mol. The molecule has 4 aromatic rings. The zero-order valence-corrected chi connectivity index (χ0v) is 15.3. The van der Waals surface area contributed by atoms with E-state index in [0.29, 0.717) is 10.9 Å². The standard InChI is InChI=1S/C20H14FN5O4/c21-12-4-5-14-10(7-12)6-11(8-22-14)18(28)23-9-16(27)24-15-3-1-2-13-17(15)20(30)26-25-19(13)29/h1-8H,9H2,(H,23,28)(H,24,27)(H,25,29)(H,26,30). The minimum atomic E-state index is -0.602. The van der Waals surface area contributed by atoms with E-state index in [4.69, 9.17) is 0 Å². The van der Waals surface area contributed by atoms with Crippen molar-refractivity contribution in [3.63, 3.8) is 0 Å². The van der Waals surface area contributed by atoms with Crippen molar-refractivity contribution in [2.24, 2.45) is 0 Å². The molecule has 0 aliphatic heterocycles. The first-order chi connectivity index (χ1) is 14.4. The lowest BCUT2D eigenvalue weighted by atomic mass is 10.1. The molecule has 0 aliphatic rings. The Balaban J connectivity index is 1.49. The van der Waals surface area contributed by atoms with Crippen LogP contribution in [-0.2, 0) is 4.79 Å². The number of rotatable bonds is 4. The number of nitrogens with zero attached hydrogens (tertiary/aromatic N) is 1. The third kappa shape index (κ3) is 3.65. The number of carbonyl (C=O) groups is 2. The highest BCUT2D eigenvalue weighted by atomic mass is 19.1. The number of anilines is 1. The molecule has 2 heterocycles. The maximum absolute atomic E-state index is 13.4. The Kier molecular flexibility index (Phi) is 4.80. The molecular formula is C20H14FN5O4. The lowest BCUT2D eigenvalue weighted by Crippen LogP contribution is -2.33. The second kappa shape index (κ2) is 7.59. The van der Waals surface area contributed by atoms with Gasteiger partial charge in [0.25, 0.3) is 17.0 Å². The number of pyridine rings is 1. The first-order valence-electron chi connectivity index (χ1n) is 8.79. The van der Waals surface area contributed by atoms with Gasteiger partial charge in [0.2, 0.25) is 5.91 Å². The Hall–Kier alpha value is -4.34. The molecule has 4 rings (SSSR count). The van der Waals surface area contributed by atoms with E-state index in [0.717, 1.165) is 0 Å². The molecule has 0 saturated heterocycles. The van der Waals surface area contributed by atoms with E-state index in [1.54, 1.807) is 0 Å². The molecule has 9 nitrogen and oxygen atoms in total. The molecule has 0 aliphatic carbocycles. The highest BCUT2D eigenvalue weighted by Crippen LogP contribution is 2.17. The van der Waals surface area contributed by atoms with Gasteiger partial charge in [-0.15, -0.1) is 0 Å². The molecule has 4 N–H and O–H groups in total. The van der Waals surface area contributed by atoms with E-state index in [1.807, 2.05) is 0 Å². The number of hydrogen-bond donors (Lipinski definition) is 4. The van der Waals surface area contributed by atoms with Gasteiger partial charge in [0.1, 0.15) is 5.82 Å². The van der Waals surface area contributed by atoms with Gasteiger partial charge in [0.15, 0.2) is 0 Å². The van der Waals surface area contributed by atoms with Crippen molar-refractivity contribution in [1.82, 2.24) is 20.5 Å². The summed E-state index contributed by atoms with van der Waals surface area (Å²) in [5.41, 5.74) is -0.244. The number of benzene rings is 2. The molecule has 0 saturated carbocycles. The summed E-state index contributed by atoms with van der Waals surface area (Å²) in [5.74, 6) is -1.63. The summed E-state index contributed by atoms with van der Waals surface area (Å²) in [4.78, 5) is 52.5. The molecule has 10 heteroatoms. The molecule has 0 bridgehead atoms. The minimum Gasteiger partial charge on any atom is -0.343 e. The second-order valence-electron chi connectivity index (χ2n) is 6.43. The molecule has 150 valence electrons. The van der Waals surface area contributed by atoms with Crippen LogP contribution in [-0.4, -0.2) is 33.5 Å². The summed E-state index contributed by atoms with van der Waals surface area (Å²) in [7, 11) is 0. The number of amides is 2. The number of nitrogens with one attached hydrogen (secondary N) is 4. The van der Waals surface area contributed by atoms with E-state index in [-0.39, 0.29) is 22.0 Å². The van der Waals surface area contributed by atoms with Crippen molar-refractivity contribution in [1.29, 1.82) is 0 Å². The van der Waals surface area contributed by atoms with Crippen LogP contribution in [0.5, 0.6) is 0 Å². The lowest BCUT2D eigenvalue weighted by molar-refractivity contribution is -0.115. The monoisotopic (exact) mass is 407 g/mol. The predicted octanol–water partition coefficient (Wildman–Crippen LogP) is 1.27. The Bertz CT molecular complexity index is 1430. The Labute approximate surface area is 166 Å². The van der Waals surface area contributed by atoms with Gasteiger partial charge in [0, 0.05) is 11.6 Å². The molecule has 0 atom stereocenters. The molecule has 2 aromatic carbocycles. The van der Waals surface area contributed by atoms with Crippen LogP contribution in [0.4, 0.5) is 10.1 Å². The first kappa shape index (κ1) is 19.0. The average Bonchev–Trinajstić information content (AvgIpc) is 2.74. The molecule has 0 unspecified atom stereocenters. The van der Waals surface area contributed by atoms with E-state index in [1.165, 1.54) is 48.7 Å². The normalized spacial score (nSPS) is 10.8. The molecule has 0 radical (unpaired) electrons. The number of halogens is 1. The Morgan fingerprint density at radius 3 is 2.67 bits per heavy atom. The topological polar surface area (TPSA) is 137 Å². The van der Waals surface area contributed by atoms with Crippen molar-refractivity contribution in [3.05, 3.63) is 80.7 Å². The van der Waals surface area contributed by atoms with Gasteiger partial charge in [-0.1, -0.05) is 6.07 Å². The van der Waals surface area contributed by atoms with Gasteiger partial charge in [-0.05, 0) is 36.4 Å². The van der Waals surface area contributed by atoms with Crippen LogP contribution in [0.15, 0.2) is 58.3 Å². The van der Waals surface area contributed by atoms with Gasteiger partial charge in [-0.25, -0.2) is 4.39 Å². The number of hydrogen-bond acceptors (Lipinski definition) is 5. The Morgan fingerprint density at radius 2 is 1.83 bits per heavy atom. The zero-order valence-electron chi connectivity index (χ0n) is 15.3. The van der Waals surface area contributed by atoms with Crippen LogP contribution in [0.1, 0.15) is 10.4 Å². The summed E-state index contributed by atoms with van der Waals surface area (Å²) in [5, 5.41) is 9.94. The second-order valence-corrected chi connectivity index (χ2v) is 6.43. The Morgan fingerprint density at radius 1 is 1.03 bits per heavy atom. The van der Waals surface area contributed by atoms with Crippen LogP contribution in [0.25, 0.3) is 21.7 Å². The maximum atomic E-state index is 13.4. The minimum absolute atomic E-state index is 0.0293. The van der Waals surface area contributed by atoms with Gasteiger partial charge >= 0.3 is 0 Å². The van der Waals surface area contributed by atoms with Crippen LogP contribution >= 0.6 is 0 Å². The highest BCUT2D eigenvalue weighted by molar-refractivity contribution is 6.04. The van der Waals surface area contributed by atoms with E-state index in [2.05, 4.69) is 25.8 Å². The molecular weight excluding hydrogens is 393 g/mol. The van der Waals surface area contributed by atoms with E-state index < -0.39 is 35.3 Å². The van der Waals surface area contributed by atoms with Crippen molar-refractivity contribution in [2.45, 2.75) is 0 Å². The largest absolute Gasteiger partial charge is 0.343 e. The maximum Gasteiger partial charge on any atom is 0.272 e. The van der Waals surface area contributed by atoms with Crippen LogP contribution in [0.3, 0.4) is 0 Å². The lowest BCUT2D eigenvalue weighted by Gasteiger charge is -2.09. The van der Waals surface area contributed by atoms with Crippen LogP contribution in [0.2, 0.25) is 0 Å². The fourth-order valence-electron chi connectivity index (χ4n) is 3.02. The van der Waals surface area contributed by atoms with Crippen molar-refractivity contribution in [2.75, 3.05) is 11.9 Å². The zero-order chi connectivity index (χ0) is 21.3. The summed E-state index contributed by atoms with van der Waals surface area (Å²) in [6.07, 6.45) is 1.32. The molecule has 2 amide bonds. The number of aromatic amines is 2. The summed E-state index contributed by atoms with van der Waals surface area (Å²) in [6, 6.07) is 9.93. The van der Waals surface area contributed by atoms with Gasteiger partial charge < -0.3 is 10.6 Å². The van der Waals surface area contributed by atoms with Crippen molar-refractivity contribution >= 4 is 39.2 Å². The summed E-state index contributed by atoms with van der Waals surface area (Å²) in [6.45, 7) is -0.391. The average molecular weight is 407 g/mol. The van der Waals surface area contributed by atoms with Crippen LogP contribution < -0.4 is 21.8 Å². The van der Waals surface area contributed by atoms with Crippen LogP contribution in [0, 0.1) is 5.82 Å². The third-order valence-electron chi connectivity index (χ3n) is 4.41. The van der Waals surface area contributed by atoms with E-state index in [9.17, 15) is 23.6 Å². The molecule has 0 spiro atoms. The molecule has 0 fully saturated rings. The third-order valence-corrected chi connectivity index (χ3v) is 4.41. The number of carbonyl (C=O) groups excluding carboxylic acids is 2. The fraction of sp³-hybridized carbons (Fsp3) is 0.0500. The SMILES string of the molecule is O=C(CNC(=O)c1cnc2ccc(F)cc2c1)Nc1cccc2c(=O)[nH][nH]c(=O)c12. The van der Waals surface area contributed by atoms with Crippen molar-refractivity contribution < 1.29 is 14.0 Å². The van der Waals surface area contributed by atoms with Gasteiger partial charge in [-0.2, -0.15) is 0 Å². The summed E-state index contributed by atoms with van der Waals surface area (Å²) >= 11 is 0. The van der Waals surface area contributed by atoms with Crippen molar-refractivity contribution in [3.8, 4) is 0 Å². The quantitative estimate of drug-likeness (QED) is 0.404. The van der Waals surface area contributed by atoms with Gasteiger partial charge in [0.05, 0.1) is 34.1 Å². The number of H-pyrrole nitrogens is 2. The van der Waals surface area contributed by atoms with E-state index >= 15 is 0 Å². The summed E-state index contributed by atoms with van der Waals surface area (Å²) < 4.78 is 13.4.